The Morgan fingerprint density at radius 3 is 2.06 bits per heavy atom. The predicted octanol–water partition coefficient (Wildman–Crippen LogP) is 9.00. The molecule has 1 aliphatic carbocycles. The van der Waals surface area contributed by atoms with E-state index in [0.717, 1.165) is 22.7 Å². The molecule has 4 rings (SSSR count). The second-order valence-electron chi connectivity index (χ2n) is 9.70. The Morgan fingerprint density at radius 1 is 0.903 bits per heavy atom. The van der Waals surface area contributed by atoms with Crippen LogP contribution in [0.4, 0.5) is 0 Å². The van der Waals surface area contributed by atoms with Gasteiger partial charge in [-0.05, 0) is 0 Å². The third kappa shape index (κ3) is 4.17. The van der Waals surface area contributed by atoms with Crippen LogP contribution >= 0.6 is 17.0 Å². The van der Waals surface area contributed by atoms with E-state index < -0.39 is 19.4 Å². The monoisotopic (exact) mass is 529 g/mol. The average Bonchev–Trinajstić information content (AvgIpc) is 3.22. The van der Waals surface area contributed by atoms with E-state index in [9.17, 15) is 0 Å². The van der Waals surface area contributed by atoms with Gasteiger partial charge in [0.25, 0.3) is 0 Å². The summed E-state index contributed by atoms with van der Waals surface area (Å²) in [6, 6.07) is 13.4. The number of hydrogen-bond donors (Lipinski definition) is 0. The van der Waals surface area contributed by atoms with Crippen LogP contribution in [0.2, 0.25) is 0 Å². The van der Waals surface area contributed by atoms with Crippen LogP contribution in [-0.2, 0) is 24.8 Å². The molecule has 0 bridgehead atoms. The molecule has 1 atom stereocenters. The third-order valence-corrected chi connectivity index (χ3v) is 11.7. The molecule has 0 saturated heterocycles. The fourth-order valence-corrected chi connectivity index (χ4v) is 9.52. The zero-order chi connectivity index (χ0) is 22.7. The number of allylic oxidation sites excluding steroid dienone is 1. The van der Waals surface area contributed by atoms with Gasteiger partial charge in [0.05, 0.1) is 0 Å². The maximum atomic E-state index is 6.74. The molecule has 0 radical (unpaired) electrons. The molecule has 1 nitrogen and oxygen atoms in total. The first-order valence-corrected chi connectivity index (χ1v) is 18.5. The molecule has 2 aromatic carbocycles. The van der Waals surface area contributed by atoms with Crippen LogP contribution in [0.3, 0.4) is 0 Å². The summed E-state index contributed by atoms with van der Waals surface area (Å²) in [5.41, 5.74) is 11.4. The number of furan rings is 1. The fourth-order valence-electron chi connectivity index (χ4n) is 4.44. The van der Waals surface area contributed by atoms with Gasteiger partial charge in [0, 0.05) is 0 Å². The molecule has 0 N–H and O–H groups in total. The predicted molar refractivity (Wildman–Crippen MR) is 131 cm³/mol. The second-order valence-corrected chi connectivity index (χ2v) is 18.5. The van der Waals surface area contributed by atoms with Gasteiger partial charge in [-0.2, -0.15) is 0 Å². The number of hydrogen-bond acceptors (Lipinski definition) is 1. The molecular weight excluding hydrogens is 502 g/mol. The summed E-state index contributed by atoms with van der Waals surface area (Å²) in [6.45, 7) is 15.2. The zero-order valence-electron chi connectivity index (χ0n) is 19.3. The average molecular weight is 532 g/mol. The molecule has 1 aliphatic rings. The summed E-state index contributed by atoms with van der Waals surface area (Å²) in [7, 11) is 13.5. The molecule has 0 fully saturated rings. The summed E-state index contributed by atoms with van der Waals surface area (Å²) in [6.07, 6.45) is 2.28. The molecule has 161 valence electrons. The van der Waals surface area contributed by atoms with Gasteiger partial charge in [-0.25, -0.2) is 0 Å². The molecule has 4 heteroatoms. The van der Waals surface area contributed by atoms with Gasteiger partial charge in [-0.15, -0.1) is 0 Å². The van der Waals surface area contributed by atoms with Crippen molar-refractivity contribution in [3.05, 3.63) is 81.3 Å². The van der Waals surface area contributed by atoms with Crippen LogP contribution in [0.1, 0.15) is 69.3 Å². The van der Waals surface area contributed by atoms with E-state index in [1.165, 1.54) is 38.9 Å². The minimum atomic E-state index is -2.68. The quantitative estimate of drug-likeness (QED) is 0.329. The molecule has 3 aromatic rings. The van der Waals surface area contributed by atoms with Gasteiger partial charge >= 0.3 is 202 Å². The Morgan fingerprint density at radius 2 is 1.55 bits per heavy atom. The van der Waals surface area contributed by atoms with Crippen molar-refractivity contribution in [1.29, 1.82) is 0 Å². The summed E-state index contributed by atoms with van der Waals surface area (Å²) in [5, 5.41) is 0. The van der Waals surface area contributed by atoms with Crippen molar-refractivity contribution in [1.82, 2.24) is 0 Å². The molecule has 1 heterocycles. The van der Waals surface area contributed by atoms with Gasteiger partial charge in [-0.3, -0.25) is 0 Å². The van der Waals surface area contributed by atoms with Crippen LogP contribution < -0.4 is 0 Å². The van der Waals surface area contributed by atoms with Crippen molar-refractivity contribution < 1.29 is 23.8 Å². The maximum absolute atomic E-state index is 6.74. The third-order valence-electron chi connectivity index (χ3n) is 6.55. The molecule has 0 aliphatic heterocycles. The van der Waals surface area contributed by atoms with E-state index in [4.69, 9.17) is 21.4 Å². The number of halogens is 2. The zero-order valence-corrected chi connectivity index (χ0v) is 23.3. The van der Waals surface area contributed by atoms with E-state index in [1.54, 1.807) is 0 Å². The van der Waals surface area contributed by atoms with Gasteiger partial charge < -0.3 is 0 Å². The molecular formula is C27H29Cl2OZr. The van der Waals surface area contributed by atoms with Crippen molar-refractivity contribution in [3.63, 3.8) is 0 Å². The van der Waals surface area contributed by atoms with Crippen molar-refractivity contribution in [2.45, 2.75) is 57.5 Å². The Bertz CT molecular complexity index is 1160. The Labute approximate surface area is 201 Å². The van der Waals surface area contributed by atoms with E-state index in [-0.39, 0.29) is 9.04 Å². The minimum absolute atomic E-state index is 0.0811. The molecule has 1 aromatic heterocycles. The van der Waals surface area contributed by atoms with Crippen molar-refractivity contribution in [2.24, 2.45) is 0 Å². The Balaban J connectivity index is 1.93. The van der Waals surface area contributed by atoms with Gasteiger partial charge in [0.1, 0.15) is 0 Å². The Hall–Kier alpha value is -1.08. The van der Waals surface area contributed by atoms with Crippen LogP contribution in [0.15, 0.2) is 40.8 Å². The van der Waals surface area contributed by atoms with Crippen LogP contribution in [-0.4, -0.2) is 0 Å². The van der Waals surface area contributed by atoms with E-state index >= 15 is 0 Å². The number of rotatable bonds is 3. The normalized spacial score (nSPS) is 15.8. The van der Waals surface area contributed by atoms with Crippen molar-refractivity contribution in [2.75, 3.05) is 0 Å². The molecule has 0 spiro atoms. The molecule has 1 unspecified atom stereocenters. The van der Waals surface area contributed by atoms with E-state index in [1.807, 2.05) is 6.92 Å². The topological polar surface area (TPSA) is 13.1 Å². The summed E-state index contributed by atoms with van der Waals surface area (Å²) in [5.74, 6) is 1.85. The summed E-state index contributed by atoms with van der Waals surface area (Å²) >= 11 is -2.68. The number of fused-ring (bicyclic) bond motifs is 1. The van der Waals surface area contributed by atoms with E-state index in [0.29, 0.717) is 0 Å². The van der Waals surface area contributed by atoms with Crippen molar-refractivity contribution >= 4 is 28.7 Å². The van der Waals surface area contributed by atoms with Crippen LogP contribution in [0.5, 0.6) is 0 Å². The fraction of sp³-hybridized carbons (Fsp3) is 0.333. The number of benzene rings is 2. The first kappa shape index (κ1) is 23.1. The van der Waals surface area contributed by atoms with Crippen molar-refractivity contribution in [3.8, 4) is 11.1 Å². The first-order valence-electron chi connectivity index (χ1n) is 10.7. The molecule has 0 amide bonds. The summed E-state index contributed by atoms with van der Waals surface area (Å²) < 4.78 is 6.20. The van der Waals surface area contributed by atoms with Gasteiger partial charge in [-0.1, -0.05) is 0 Å². The van der Waals surface area contributed by atoms with Crippen LogP contribution in [0, 0.1) is 27.7 Å². The first-order chi connectivity index (χ1) is 14.5. The van der Waals surface area contributed by atoms with Crippen LogP contribution in [0.25, 0.3) is 22.8 Å². The molecule has 31 heavy (non-hydrogen) atoms. The SMILES string of the molecule is Cc1cc(C2=Cc3c(cc(C)c(C)c3-c3ccc(C(C)(C)C)cc3)[CH]2[Zr]([Cl])[Cl])oc1C. The second kappa shape index (κ2) is 8.36. The van der Waals surface area contributed by atoms with Gasteiger partial charge in [0.15, 0.2) is 0 Å². The summed E-state index contributed by atoms with van der Waals surface area (Å²) in [4.78, 5) is 0. The van der Waals surface area contributed by atoms with Gasteiger partial charge in [0.2, 0.25) is 0 Å². The molecule has 0 saturated carbocycles. The standard InChI is InChI=1S/C27H29O.2ClH.Zr/c1-16-12-21-14-22(25-13-17(2)19(4)28-25)15-24(21)26(18(16)3)20-8-10-23(11-9-20)27(5,6)7;;;/h8-15H,1-7H3;2*1H;/q;;;+2/p-2. The number of aryl methyl sites for hydroxylation is 3. The van der Waals surface area contributed by atoms with E-state index in [2.05, 4.69) is 84.0 Å². The Kier molecular flexibility index (Phi) is 6.23.